The lowest BCUT2D eigenvalue weighted by molar-refractivity contribution is -0.0131. The Morgan fingerprint density at radius 3 is 2.45 bits per heavy atom. The summed E-state index contributed by atoms with van der Waals surface area (Å²) >= 11 is 12.4. The number of benzene rings is 2. The summed E-state index contributed by atoms with van der Waals surface area (Å²) in [5, 5.41) is 5.32. The summed E-state index contributed by atoms with van der Waals surface area (Å²) in [4.78, 5) is 2.26. The molecule has 0 spiro atoms. The molecule has 0 bridgehead atoms. The molecule has 2 aromatic carbocycles. The van der Waals surface area contributed by atoms with Gasteiger partial charge in [-0.05, 0) is 68.3 Å². The molecule has 0 fully saturated rings. The van der Waals surface area contributed by atoms with E-state index in [2.05, 4.69) is 17.0 Å². The Balaban J connectivity index is 1.59. The van der Waals surface area contributed by atoms with Crippen LogP contribution in [0.5, 0.6) is 0 Å². The van der Waals surface area contributed by atoms with Gasteiger partial charge in [0.15, 0.2) is 0 Å². The summed E-state index contributed by atoms with van der Waals surface area (Å²) in [5.74, 6) is -0.201. The van der Waals surface area contributed by atoms with Crippen LogP contribution in [-0.2, 0) is 23.8 Å². The topological polar surface area (TPSA) is 30.3 Å². The van der Waals surface area contributed by atoms with Crippen LogP contribution >= 0.6 is 23.2 Å². The first kappa shape index (κ1) is 23.7. The predicted molar refractivity (Wildman–Crippen MR) is 124 cm³/mol. The van der Waals surface area contributed by atoms with Crippen molar-refractivity contribution in [1.29, 1.82) is 0 Å². The smallest absolute Gasteiger partial charge is 0.132 e. The highest BCUT2D eigenvalue weighted by Gasteiger charge is 2.33. The molecule has 166 valence electrons. The first-order chi connectivity index (χ1) is 14.8. The van der Waals surface area contributed by atoms with Gasteiger partial charge in [-0.3, -0.25) is 4.68 Å². The van der Waals surface area contributed by atoms with Crippen molar-refractivity contribution in [1.82, 2.24) is 14.7 Å². The highest BCUT2D eigenvalue weighted by molar-refractivity contribution is 6.42. The lowest BCUT2D eigenvalue weighted by Crippen LogP contribution is -2.32. The molecule has 31 heavy (non-hydrogen) atoms. The van der Waals surface area contributed by atoms with E-state index < -0.39 is 5.60 Å². The number of ether oxygens (including phenoxy) is 1. The molecule has 0 aliphatic heterocycles. The van der Waals surface area contributed by atoms with E-state index in [1.54, 1.807) is 12.3 Å². The highest BCUT2D eigenvalue weighted by Crippen LogP contribution is 2.36. The van der Waals surface area contributed by atoms with Crippen molar-refractivity contribution in [2.24, 2.45) is 7.05 Å². The molecule has 7 heteroatoms. The second kappa shape index (κ2) is 10.6. The molecule has 3 rings (SSSR count). The normalized spacial score (nSPS) is 13.5. The first-order valence-electron chi connectivity index (χ1n) is 10.3. The van der Waals surface area contributed by atoms with Gasteiger partial charge in [-0.25, -0.2) is 4.39 Å². The second-order valence-electron chi connectivity index (χ2n) is 7.88. The summed E-state index contributed by atoms with van der Waals surface area (Å²) in [6.07, 6.45) is 3.51. The van der Waals surface area contributed by atoms with Crippen molar-refractivity contribution >= 4 is 23.2 Å². The molecule has 0 aliphatic carbocycles. The molecule has 0 saturated carbocycles. The zero-order valence-electron chi connectivity index (χ0n) is 18.1. The van der Waals surface area contributed by atoms with Crippen molar-refractivity contribution < 1.29 is 9.13 Å². The molecule has 0 saturated heterocycles. The van der Waals surface area contributed by atoms with Crippen LogP contribution in [0.1, 0.15) is 30.2 Å². The van der Waals surface area contributed by atoms with E-state index >= 15 is 0 Å². The van der Waals surface area contributed by atoms with Crippen molar-refractivity contribution in [3.8, 4) is 0 Å². The predicted octanol–water partition coefficient (Wildman–Crippen LogP) is 5.71. The Morgan fingerprint density at radius 1 is 1.06 bits per heavy atom. The average molecular weight is 464 g/mol. The van der Waals surface area contributed by atoms with Gasteiger partial charge in [-0.15, -0.1) is 0 Å². The highest BCUT2D eigenvalue weighted by atomic mass is 35.5. The zero-order valence-corrected chi connectivity index (χ0v) is 19.6. The fourth-order valence-corrected chi connectivity index (χ4v) is 3.93. The summed E-state index contributed by atoms with van der Waals surface area (Å²) in [6, 6.07) is 14.2. The van der Waals surface area contributed by atoms with Gasteiger partial charge in [0, 0.05) is 32.9 Å². The second-order valence-corrected chi connectivity index (χ2v) is 8.70. The quantitative estimate of drug-likeness (QED) is 0.360. The lowest BCUT2D eigenvalue weighted by Gasteiger charge is -2.31. The lowest BCUT2D eigenvalue weighted by atomic mass is 9.92. The maximum absolute atomic E-state index is 13.0. The van der Waals surface area contributed by atoms with E-state index in [0.29, 0.717) is 16.7 Å². The Morgan fingerprint density at radius 2 is 1.81 bits per heavy atom. The molecule has 4 nitrogen and oxygen atoms in total. The van der Waals surface area contributed by atoms with Crippen LogP contribution in [0.15, 0.2) is 54.7 Å². The largest absolute Gasteiger partial charge is 0.364 e. The van der Waals surface area contributed by atoms with Gasteiger partial charge < -0.3 is 9.64 Å². The summed E-state index contributed by atoms with van der Waals surface area (Å²) < 4.78 is 21.3. The fourth-order valence-electron chi connectivity index (χ4n) is 3.63. The van der Waals surface area contributed by atoms with E-state index in [4.69, 9.17) is 27.9 Å². The van der Waals surface area contributed by atoms with Crippen molar-refractivity contribution in [3.05, 3.63) is 87.4 Å². The molecular formula is C24H28Cl2FN3O. The van der Waals surface area contributed by atoms with E-state index in [-0.39, 0.29) is 5.82 Å². The Bertz CT molecular complexity index is 993. The van der Waals surface area contributed by atoms with E-state index in [1.165, 1.54) is 12.1 Å². The molecule has 1 atom stereocenters. The van der Waals surface area contributed by atoms with Crippen LogP contribution in [0.2, 0.25) is 10.0 Å². The van der Waals surface area contributed by atoms with Crippen LogP contribution in [0.25, 0.3) is 0 Å². The molecule has 1 heterocycles. The van der Waals surface area contributed by atoms with Crippen LogP contribution in [0.4, 0.5) is 4.39 Å². The minimum atomic E-state index is -0.702. The number of hydrogen-bond acceptors (Lipinski definition) is 3. The van der Waals surface area contributed by atoms with Crippen molar-refractivity contribution in [2.45, 2.75) is 25.4 Å². The Kier molecular flexibility index (Phi) is 8.11. The number of hydrogen-bond donors (Lipinski definition) is 0. The maximum atomic E-state index is 13.0. The first-order valence-corrected chi connectivity index (χ1v) is 11.1. The fraction of sp³-hybridized carbons (Fsp3) is 0.375. The third-order valence-corrected chi connectivity index (χ3v) is 6.29. The third kappa shape index (κ3) is 6.07. The number of nitrogens with zero attached hydrogens (tertiary/aromatic N) is 3. The van der Waals surface area contributed by atoms with Gasteiger partial charge in [0.2, 0.25) is 0 Å². The minimum absolute atomic E-state index is 0.201. The average Bonchev–Trinajstić information content (AvgIpc) is 3.19. The number of aryl methyl sites for hydroxylation is 1. The van der Waals surface area contributed by atoms with E-state index in [1.807, 2.05) is 49.0 Å². The number of likely N-dealkylation sites (N-methyl/N-ethyl adjacent to an activating group) is 1. The van der Waals surface area contributed by atoms with Crippen LogP contribution < -0.4 is 0 Å². The molecule has 0 N–H and O–H groups in total. The van der Waals surface area contributed by atoms with Crippen LogP contribution in [0, 0.1) is 5.82 Å². The molecule has 0 amide bonds. The number of aromatic nitrogens is 2. The Hall–Kier alpha value is -1.92. The molecule has 0 radical (unpaired) electrons. The minimum Gasteiger partial charge on any atom is -0.364 e. The summed E-state index contributed by atoms with van der Waals surface area (Å²) in [6.45, 7) is 4.39. The van der Waals surface area contributed by atoms with Gasteiger partial charge in [-0.1, -0.05) is 41.4 Å². The standard InChI is InChI=1S/C24H28Cl2FN3O/c1-24(23-11-13-28-30(23)3,19-7-10-21(25)22(26)17-19)31-16-4-14-29(2)15-12-18-5-8-20(27)9-6-18/h5-11,13,17H,4,12,14-16H2,1-3H3. The van der Waals surface area contributed by atoms with Crippen LogP contribution in [-0.4, -0.2) is 41.4 Å². The SMILES string of the molecule is CN(CCCOC(C)(c1ccc(Cl)c(Cl)c1)c1ccnn1C)CCc1ccc(F)cc1. The molecule has 1 unspecified atom stereocenters. The third-order valence-electron chi connectivity index (χ3n) is 5.55. The number of halogens is 3. The van der Waals surface area contributed by atoms with Crippen molar-refractivity contribution in [2.75, 3.05) is 26.7 Å². The molecule has 1 aromatic heterocycles. The molecular weight excluding hydrogens is 436 g/mol. The van der Waals surface area contributed by atoms with Crippen LogP contribution in [0.3, 0.4) is 0 Å². The van der Waals surface area contributed by atoms with Gasteiger partial charge in [-0.2, -0.15) is 5.10 Å². The van der Waals surface area contributed by atoms with Gasteiger partial charge in [0.05, 0.1) is 15.7 Å². The number of rotatable bonds is 10. The van der Waals surface area contributed by atoms with Gasteiger partial charge in [0.25, 0.3) is 0 Å². The van der Waals surface area contributed by atoms with E-state index in [0.717, 1.165) is 42.8 Å². The maximum Gasteiger partial charge on any atom is 0.132 e. The molecule has 0 aliphatic rings. The zero-order chi connectivity index (χ0) is 22.4. The van der Waals surface area contributed by atoms with E-state index in [9.17, 15) is 4.39 Å². The van der Waals surface area contributed by atoms with Crippen molar-refractivity contribution in [3.63, 3.8) is 0 Å². The Labute approximate surface area is 193 Å². The monoisotopic (exact) mass is 463 g/mol. The van der Waals surface area contributed by atoms with Gasteiger partial charge in [0.1, 0.15) is 11.4 Å². The summed E-state index contributed by atoms with van der Waals surface area (Å²) in [5.41, 5.74) is 2.30. The molecule has 3 aromatic rings. The van der Waals surface area contributed by atoms with Gasteiger partial charge >= 0.3 is 0 Å². The summed E-state index contributed by atoms with van der Waals surface area (Å²) in [7, 11) is 3.99.